The highest BCUT2D eigenvalue weighted by Crippen LogP contribution is 2.55. The van der Waals surface area contributed by atoms with Gasteiger partial charge in [-0.05, 0) is 97.2 Å². The van der Waals surface area contributed by atoms with Gasteiger partial charge in [-0.15, -0.1) is 0 Å². The van der Waals surface area contributed by atoms with Crippen molar-refractivity contribution in [3.05, 3.63) is 99.3 Å². The number of carboxylic acids is 1. The van der Waals surface area contributed by atoms with Crippen molar-refractivity contribution < 1.29 is 28.6 Å². The summed E-state index contributed by atoms with van der Waals surface area (Å²) in [7, 11) is 1.63. The largest absolute Gasteiger partial charge is 0.497 e. The highest BCUT2D eigenvalue weighted by molar-refractivity contribution is 6.30. The summed E-state index contributed by atoms with van der Waals surface area (Å²) >= 11 is 6.16. The van der Waals surface area contributed by atoms with Gasteiger partial charge in [-0.3, -0.25) is 4.79 Å². The number of methoxy groups -OCH3 is 1. The second-order valence-electron chi connectivity index (χ2n) is 11.5. The van der Waals surface area contributed by atoms with Crippen LogP contribution in [0.15, 0.2) is 66.2 Å². The number of ether oxygens (including phenoxy) is 2. The minimum atomic E-state index is -1.18. The average molecular weight is 592 g/mol. The van der Waals surface area contributed by atoms with Gasteiger partial charge in [0.05, 0.1) is 19.3 Å². The van der Waals surface area contributed by atoms with Gasteiger partial charge in [-0.1, -0.05) is 48.4 Å². The lowest BCUT2D eigenvalue weighted by molar-refractivity contribution is -0.143. The minimum absolute atomic E-state index is 0.0192. The zero-order chi connectivity index (χ0) is 29.9. The molecule has 1 spiro atoms. The van der Waals surface area contributed by atoms with Crippen LogP contribution >= 0.6 is 11.6 Å². The number of carbonyl (C=O) groups is 2. The van der Waals surface area contributed by atoms with Crippen molar-refractivity contribution in [3.8, 4) is 5.75 Å². The first-order valence-corrected chi connectivity index (χ1v) is 14.5. The monoisotopic (exact) mass is 591 g/mol. The second-order valence-corrected chi connectivity index (χ2v) is 12.0. The summed E-state index contributed by atoms with van der Waals surface area (Å²) in [6, 6.07) is 17.9. The van der Waals surface area contributed by atoms with E-state index in [1.807, 2.05) is 36.4 Å². The summed E-state index contributed by atoms with van der Waals surface area (Å²) in [5.74, 6) is -0.520. The third-order valence-electron chi connectivity index (χ3n) is 8.73. The summed E-state index contributed by atoms with van der Waals surface area (Å²) in [5.41, 5.74) is 2.83. The smallest absolute Gasteiger partial charge is 0.329 e. The van der Waals surface area contributed by atoms with E-state index in [4.69, 9.17) is 21.1 Å². The molecule has 0 unspecified atom stereocenters. The van der Waals surface area contributed by atoms with Crippen molar-refractivity contribution in [1.82, 2.24) is 0 Å². The number of rotatable bonds is 11. The van der Waals surface area contributed by atoms with Gasteiger partial charge in [0.1, 0.15) is 17.1 Å². The second kappa shape index (κ2) is 12.3. The molecule has 0 aliphatic heterocycles. The molecule has 3 aromatic carbocycles. The number of aliphatic carboxylic acids is 1. The summed E-state index contributed by atoms with van der Waals surface area (Å²) in [4.78, 5) is 24.3. The highest BCUT2D eigenvalue weighted by Gasteiger charge is 2.51. The number of carbonyl (C=O) groups excluding carboxylic acids is 1. The molecule has 0 amide bonds. The Kier molecular flexibility index (Phi) is 8.71. The minimum Gasteiger partial charge on any atom is -0.497 e. The van der Waals surface area contributed by atoms with E-state index < -0.39 is 22.7 Å². The number of hydrogen-bond donors (Lipinski definition) is 2. The molecule has 8 heteroatoms. The number of fused-ring (bicyclic) bond motifs is 2. The van der Waals surface area contributed by atoms with E-state index in [1.165, 1.54) is 6.07 Å². The van der Waals surface area contributed by atoms with Crippen LogP contribution in [0.5, 0.6) is 5.75 Å². The van der Waals surface area contributed by atoms with E-state index in [-0.39, 0.29) is 11.5 Å². The molecular weight excluding hydrogens is 557 g/mol. The predicted molar refractivity (Wildman–Crippen MR) is 162 cm³/mol. The first-order chi connectivity index (χ1) is 20.2. The van der Waals surface area contributed by atoms with Crippen LogP contribution < -0.4 is 10.1 Å². The van der Waals surface area contributed by atoms with Crippen molar-refractivity contribution in [2.45, 2.75) is 56.6 Å². The Hall–Kier alpha value is -3.68. The molecule has 0 heterocycles. The molecule has 1 saturated carbocycles. The first-order valence-electron chi connectivity index (χ1n) is 14.2. The van der Waals surface area contributed by atoms with E-state index in [9.17, 15) is 19.1 Å². The van der Waals surface area contributed by atoms with Crippen LogP contribution in [0.2, 0.25) is 5.02 Å². The molecule has 42 heavy (non-hydrogen) atoms. The third kappa shape index (κ3) is 5.94. The lowest BCUT2D eigenvalue weighted by atomic mass is 9.61. The van der Waals surface area contributed by atoms with Crippen molar-refractivity contribution in [3.63, 3.8) is 0 Å². The van der Waals surface area contributed by atoms with E-state index in [0.29, 0.717) is 62.3 Å². The van der Waals surface area contributed by atoms with Crippen molar-refractivity contribution in [1.29, 1.82) is 0 Å². The molecular formula is C34H35ClFNO5. The Labute approximate surface area is 250 Å². The van der Waals surface area contributed by atoms with Gasteiger partial charge in [-0.2, -0.15) is 0 Å². The molecule has 2 N–H and O–H groups in total. The maximum Gasteiger partial charge on any atom is 0.329 e. The number of allylic oxidation sites excluding steroid dienone is 1. The van der Waals surface area contributed by atoms with Gasteiger partial charge in [0, 0.05) is 22.7 Å². The van der Waals surface area contributed by atoms with E-state index in [1.54, 1.807) is 31.4 Å². The van der Waals surface area contributed by atoms with Gasteiger partial charge in [0.15, 0.2) is 6.29 Å². The molecule has 3 aromatic rings. The number of nitrogens with one attached hydrogen (secondary N) is 1. The average Bonchev–Trinajstić information content (AvgIpc) is 3.25. The normalized spacial score (nSPS) is 21.9. The van der Waals surface area contributed by atoms with E-state index in [2.05, 4.69) is 12.2 Å². The summed E-state index contributed by atoms with van der Waals surface area (Å²) < 4.78 is 25.9. The Morgan fingerprint density at radius 3 is 2.50 bits per heavy atom. The van der Waals surface area contributed by atoms with Crippen LogP contribution in [0.1, 0.15) is 66.1 Å². The molecule has 220 valence electrons. The van der Waals surface area contributed by atoms with Crippen molar-refractivity contribution in [2.24, 2.45) is 5.92 Å². The molecule has 0 radical (unpaired) electrons. The lowest BCUT2D eigenvalue weighted by Crippen LogP contribution is -2.52. The van der Waals surface area contributed by atoms with Gasteiger partial charge in [0.25, 0.3) is 0 Å². The molecule has 0 saturated heterocycles. The van der Waals surface area contributed by atoms with Gasteiger partial charge in [-0.25, -0.2) is 9.18 Å². The SMILES string of the molecule is COc1ccc(COC[C@H](C)CC2=Cc3cc(F)c(C=O)cc3C23CCC(Nc2cccc(Cl)c2)(C(=O)O)CC3)cc1. The van der Waals surface area contributed by atoms with Crippen LogP contribution in [0.3, 0.4) is 0 Å². The lowest BCUT2D eigenvalue weighted by Gasteiger charge is -2.46. The maximum atomic E-state index is 14.7. The van der Waals surface area contributed by atoms with Crippen LogP contribution in [0, 0.1) is 11.7 Å². The maximum absolute atomic E-state index is 14.7. The number of benzene rings is 3. The molecule has 1 fully saturated rings. The van der Waals surface area contributed by atoms with Crippen molar-refractivity contribution >= 4 is 35.6 Å². The van der Waals surface area contributed by atoms with E-state index >= 15 is 0 Å². The number of hydrogen-bond acceptors (Lipinski definition) is 5. The Morgan fingerprint density at radius 2 is 1.86 bits per heavy atom. The van der Waals surface area contributed by atoms with Crippen LogP contribution in [0.25, 0.3) is 6.08 Å². The molecule has 2 aliphatic carbocycles. The van der Waals surface area contributed by atoms with Crippen LogP contribution in [0.4, 0.5) is 10.1 Å². The van der Waals surface area contributed by atoms with Gasteiger partial charge in [0.2, 0.25) is 0 Å². The molecule has 0 aromatic heterocycles. The zero-order valence-corrected chi connectivity index (χ0v) is 24.5. The molecule has 0 bridgehead atoms. The van der Waals surface area contributed by atoms with Gasteiger partial charge >= 0.3 is 5.97 Å². The standard InChI is InChI=1S/C34H35ClFNO5/c1-22(20-42-21-23-6-8-29(41-2)9-7-23)14-26-15-24-17-31(36)25(19-38)16-30(24)33(26)10-12-34(13-11-33,32(39)40)37-28-5-3-4-27(35)18-28/h3-9,15-19,22,37H,10-14,20-21H2,1-2H3,(H,39,40)/t22-,33?,34?/m1/s1. The Bertz CT molecular complexity index is 1490. The van der Waals surface area contributed by atoms with Crippen LogP contribution in [-0.4, -0.2) is 36.6 Å². The fraction of sp³-hybridized carbons (Fsp3) is 0.353. The molecule has 6 nitrogen and oxygen atoms in total. The topological polar surface area (TPSA) is 84.9 Å². The quantitative estimate of drug-likeness (QED) is 0.222. The van der Waals surface area contributed by atoms with Gasteiger partial charge < -0.3 is 19.9 Å². The first kappa shape index (κ1) is 29.8. The highest BCUT2D eigenvalue weighted by atomic mass is 35.5. The summed E-state index contributed by atoms with van der Waals surface area (Å²) in [5, 5.41) is 14.1. The fourth-order valence-electron chi connectivity index (χ4n) is 6.45. The van der Waals surface area contributed by atoms with Crippen LogP contribution in [-0.2, 0) is 21.6 Å². The number of aldehydes is 1. The zero-order valence-electron chi connectivity index (χ0n) is 23.8. The molecule has 5 rings (SSSR count). The van der Waals surface area contributed by atoms with E-state index in [0.717, 1.165) is 28.0 Å². The summed E-state index contributed by atoms with van der Waals surface area (Å²) in [6.07, 6.45) is 5.05. The number of halogens is 2. The summed E-state index contributed by atoms with van der Waals surface area (Å²) in [6.45, 7) is 3.12. The fourth-order valence-corrected chi connectivity index (χ4v) is 6.64. The molecule has 2 aliphatic rings. The Morgan fingerprint density at radius 1 is 1.12 bits per heavy atom. The molecule has 1 atom stereocenters. The number of anilines is 1. The van der Waals surface area contributed by atoms with Crippen molar-refractivity contribution in [2.75, 3.05) is 19.0 Å². The Balaban J connectivity index is 1.36. The third-order valence-corrected chi connectivity index (χ3v) is 8.96. The predicted octanol–water partition coefficient (Wildman–Crippen LogP) is 7.69. The number of carboxylic acid groups (broad SMARTS) is 1.